The third-order valence-electron chi connectivity index (χ3n) is 6.83. The molecule has 2 aromatic rings. The molecule has 2 heterocycles. The van der Waals surface area contributed by atoms with Crippen LogP contribution in [0.3, 0.4) is 0 Å². The number of aromatic nitrogens is 3. The molecule has 0 atom stereocenters. The lowest BCUT2D eigenvalue weighted by Crippen LogP contribution is -2.36. The first-order chi connectivity index (χ1) is 17.5. The van der Waals surface area contributed by atoms with Crippen molar-refractivity contribution in [2.24, 2.45) is 5.92 Å². The topological polar surface area (TPSA) is 106 Å². The molecule has 2 N–H and O–H groups in total. The molecule has 3 rings (SSSR count). The van der Waals surface area contributed by atoms with Crippen LogP contribution >= 0.6 is 11.6 Å². The number of alkyl halides is 3. The van der Waals surface area contributed by atoms with Crippen molar-refractivity contribution in [3.63, 3.8) is 0 Å². The van der Waals surface area contributed by atoms with Crippen molar-refractivity contribution in [3.8, 4) is 11.3 Å². The van der Waals surface area contributed by atoms with Gasteiger partial charge in [0.2, 0.25) is 0 Å². The summed E-state index contributed by atoms with van der Waals surface area (Å²) >= 11 is 6.64. The summed E-state index contributed by atoms with van der Waals surface area (Å²) in [4.78, 5) is 17.3. The van der Waals surface area contributed by atoms with Crippen molar-refractivity contribution in [3.05, 3.63) is 28.5 Å². The van der Waals surface area contributed by atoms with E-state index in [-0.39, 0.29) is 21.9 Å². The number of amides is 1. The SMILES string of the molecule is CCn1nc(C(=O)NCC2CCC(S(C)(=O)=O)CC2)c(Cl)c1-c1cnc(NC(C)(C)CC(F)(F)F)cc1C. The van der Waals surface area contributed by atoms with Gasteiger partial charge in [0, 0.05) is 36.6 Å². The fraction of sp³-hybridized carbons (Fsp3) is 0.640. The molecule has 1 aliphatic rings. The van der Waals surface area contributed by atoms with Gasteiger partial charge in [-0.05, 0) is 70.9 Å². The monoisotopic (exact) mass is 577 g/mol. The number of anilines is 1. The molecule has 0 aromatic carbocycles. The highest BCUT2D eigenvalue weighted by Gasteiger charge is 2.37. The zero-order valence-electron chi connectivity index (χ0n) is 22.2. The number of rotatable bonds is 9. The van der Waals surface area contributed by atoms with Gasteiger partial charge in [-0.3, -0.25) is 9.48 Å². The van der Waals surface area contributed by atoms with Crippen LogP contribution in [0.25, 0.3) is 11.3 Å². The number of pyridine rings is 1. The summed E-state index contributed by atoms with van der Waals surface area (Å²) in [5, 5.41) is 9.96. The smallest absolute Gasteiger partial charge is 0.365 e. The molecule has 38 heavy (non-hydrogen) atoms. The fourth-order valence-electron chi connectivity index (χ4n) is 4.92. The van der Waals surface area contributed by atoms with E-state index in [4.69, 9.17) is 11.6 Å². The van der Waals surface area contributed by atoms with Crippen LogP contribution in [0.1, 0.15) is 68.9 Å². The molecule has 2 aromatic heterocycles. The maximum atomic E-state index is 13.0. The molecule has 212 valence electrons. The molecule has 0 spiro atoms. The molecule has 0 radical (unpaired) electrons. The molecule has 13 heteroatoms. The Balaban J connectivity index is 1.74. The molecule has 8 nitrogen and oxygen atoms in total. The Morgan fingerprint density at radius 3 is 2.37 bits per heavy atom. The van der Waals surface area contributed by atoms with E-state index in [1.54, 1.807) is 17.7 Å². The second kappa shape index (κ2) is 11.4. The van der Waals surface area contributed by atoms with E-state index in [2.05, 4.69) is 20.7 Å². The molecule has 0 aliphatic heterocycles. The highest BCUT2D eigenvalue weighted by molar-refractivity contribution is 7.91. The average Bonchev–Trinajstić information content (AvgIpc) is 3.11. The van der Waals surface area contributed by atoms with Gasteiger partial charge < -0.3 is 10.6 Å². The van der Waals surface area contributed by atoms with E-state index in [0.29, 0.717) is 61.4 Å². The molecule has 0 saturated heterocycles. The van der Waals surface area contributed by atoms with Crippen LogP contribution in [-0.2, 0) is 16.4 Å². The maximum Gasteiger partial charge on any atom is 0.391 e. The van der Waals surface area contributed by atoms with Gasteiger partial charge in [-0.1, -0.05) is 11.6 Å². The lowest BCUT2D eigenvalue weighted by molar-refractivity contribution is -0.142. The molecule has 0 unspecified atom stereocenters. The Morgan fingerprint density at radius 1 is 1.21 bits per heavy atom. The molecule has 1 fully saturated rings. The normalized spacial score (nSPS) is 18.9. The standard InChI is InChI=1S/C25H35ClF3N5O3S/c1-6-34-22(18-13-30-19(11-15(18)2)32-24(3,4)14-25(27,28)29)20(26)21(33-34)23(35)31-12-16-7-9-17(10-8-16)38(5,36)37/h11,13,16-17H,6-10,12,14H2,1-5H3,(H,30,32)(H,31,35). The Bertz CT molecular complexity index is 1270. The van der Waals surface area contributed by atoms with Crippen LogP contribution in [0.4, 0.5) is 19.0 Å². The van der Waals surface area contributed by atoms with E-state index in [0.717, 1.165) is 0 Å². The van der Waals surface area contributed by atoms with Crippen LogP contribution in [0.2, 0.25) is 5.02 Å². The van der Waals surface area contributed by atoms with Crippen LogP contribution in [0.15, 0.2) is 12.3 Å². The van der Waals surface area contributed by atoms with Crippen molar-refractivity contribution in [1.29, 1.82) is 0 Å². The predicted molar refractivity (Wildman–Crippen MR) is 142 cm³/mol. The predicted octanol–water partition coefficient (Wildman–Crippen LogP) is 5.40. The summed E-state index contributed by atoms with van der Waals surface area (Å²) < 4.78 is 63.8. The van der Waals surface area contributed by atoms with Gasteiger partial charge in [-0.25, -0.2) is 13.4 Å². The second-order valence-electron chi connectivity index (χ2n) is 10.7. The molecule has 1 aliphatic carbocycles. The Morgan fingerprint density at radius 2 is 1.84 bits per heavy atom. The number of nitrogens with one attached hydrogen (secondary N) is 2. The maximum absolute atomic E-state index is 13.0. The fourth-order valence-corrected chi connectivity index (χ4v) is 6.37. The quantitative estimate of drug-likeness (QED) is 0.413. The first-order valence-electron chi connectivity index (χ1n) is 12.6. The zero-order chi connectivity index (χ0) is 28.5. The number of carbonyl (C=O) groups is 1. The van der Waals surface area contributed by atoms with Crippen LogP contribution < -0.4 is 10.6 Å². The van der Waals surface area contributed by atoms with E-state index in [9.17, 15) is 26.4 Å². The Kier molecular flexibility index (Phi) is 9.07. The number of hydrogen-bond acceptors (Lipinski definition) is 6. The van der Waals surface area contributed by atoms with Crippen molar-refractivity contribution < 1.29 is 26.4 Å². The number of halogens is 4. The number of aryl methyl sites for hydroxylation is 2. The van der Waals surface area contributed by atoms with Crippen molar-refractivity contribution in [2.75, 3.05) is 18.1 Å². The number of sulfone groups is 1. The van der Waals surface area contributed by atoms with Gasteiger partial charge >= 0.3 is 6.18 Å². The third kappa shape index (κ3) is 7.62. The number of hydrogen-bond donors (Lipinski definition) is 2. The summed E-state index contributed by atoms with van der Waals surface area (Å²) in [7, 11) is -3.06. The number of carbonyl (C=O) groups excluding carboxylic acids is 1. The van der Waals surface area contributed by atoms with Gasteiger partial charge in [0.15, 0.2) is 5.69 Å². The van der Waals surface area contributed by atoms with Gasteiger partial charge in [0.25, 0.3) is 5.91 Å². The minimum atomic E-state index is -4.32. The lowest BCUT2D eigenvalue weighted by Gasteiger charge is -2.28. The zero-order valence-corrected chi connectivity index (χ0v) is 23.8. The summed E-state index contributed by atoms with van der Waals surface area (Å²) in [5.41, 5.74) is 0.635. The van der Waals surface area contributed by atoms with Crippen LogP contribution in [0.5, 0.6) is 0 Å². The minimum Gasteiger partial charge on any atom is -0.365 e. The lowest BCUT2D eigenvalue weighted by atomic mass is 9.89. The van der Waals surface area contributed by atoms with Crippen molar-refractivity contribution in [2.45, 2.75) is 83.3 Å². The minimum absolute atomic E-state index is 0.0706. The first kappa shape index (κ1) is 30.2. The summed E-state index contributed by atoms with van der Waals surface area (Å²) in [5.74, 6) is 0.0470. The van der Waals surface area contributed by atoms with E-state index < -0.39 is 33.9 Å². The van der Waals surface area contributed by atoms with Gasteiger partial charge in [-0.2, -0.15) is 18.3 Å². The van der Waals surface area contributed by atoms with Crippen molar-refractivity contribution in [1.82, 2.24) is 20.1 Å². The Hall–Kier alpha value is -2.34. The van der Waals surface area contributed by atoms with E-state index in [1.165, 1.54) is 26.3 Å². The molecule has 1 amide bonds. The molecular formula is C25H35ClF3N5O3S. The van der Waals surface area contributed by atoms with Crippen molar-refractivity contribution >= 4 is 33.2 Å². The first-order valence-corrected chi connectivity index (χ1v) is 14.9. The number of nitrogens with zero attached hydrogens (tertiary/aromatic N) is 3. The third-order valence-corrected chi connectivity index (χ3v) is 8.88. The van der Waals surface area contributed by atoms with Gasteiger partial charge in [-0.15, -0.1) is 0 Å². The van der Waals surface area contributed by atoms with Crippen LogP contribution in [-0.4, -0.2) is 58.9 Å². The highest BCUT2D eigenvalue weighted by atomic mass is 35.5. The average molecular weight is 578 g/mol. The van der Waals surface area contributed by atoms with Gasteiger partial charge in [0.05, 0.1) is 22.4 Å². The second-order valence-corrected chi connectivity index (χ2v) is 13.4. The van der Waals surface area contributed by atoms with E-state index in [1.807, 2.05) is 6.92 Å². The van der Waals surface area contributed by atoms with Gasteiger partial charge in [0.1, 0.15) is 15.7 Å². The molecule has 1 saturated carbocycles. The molecular weight excluding hydrogens is 543 g/mol. The highest BCUT2D eigenvalue weighted by Crippen LogP contribution is 2.35. The Labute approximate surface area is 226 Å². The van der Waals surface area contributed by atoms with Crippen LogP contribution in [0, 0.1) is 12.8 Å². The largest absolute Gasteiger partial charge is 0.391 e. The summed E-state index contributed by atoms with van der Waals surface area (Å²) in [6.07, 6.45) is 0.0286. The summed E-state index contributed by atoms with van der Waals surface area (Å²) in [6, 6.07) is 1.64. The molecule has 0 bridgehead atoms. The summed E-state index contributed by atoms with van der Waals surface area (Å²) in [6.45, 7) is 7.37. The van der Waals surface area contributed by atoms with E-state index >= 15 is 0 Å².